The summed E-state index contributed by atoms with van der Waals surface area (Å²) in [4.78, 5) is 27.7. The van der Waals surface area contributed by atoms with Crippen molar-refractivity contribution in [2.24, 2.45) is 5.73 Å². The van der Waals surface area contributed by atoms with Gasteiger partial charge in [0, 0.05) is 13.1 Å². The molecule has 39 heavy (non-hydrogen) atoms. The maximum atomic E-state index is 13.5. The molecule has 5 rings (SSSR count). The smallest absolute Gasteiger partial charge is 0.416 e. The highest BCUT2D eigenvalue weighted by Gasteiger charge is 2.33. The zero-order valence-corrected chi connectivity index (χ0v) is 20.8. The minimum absolute atomic E-state index is 0.176. The fraction of sp³-hybridized carbons (Fsp3) is 0.161. The lowest BCUT2D eigenvalue weighted by atomic mass is 9.91. The Balaban J connectivity index is 1.43. The molecule has 2 N–H and O–H groups in total. The fourth-order valence-electron chi connectivity index (χ4n) is 4.96. The summed E-state index contributed by atoms with van der Waals surface area (Å²) in [5.41, 5.74) is 8.12. The van der Waals surface area contributed by atoms with E-state index in [9.17, 15) is 22.8 Å². The van der Waals surface area contributed by atoms with Gasteiger partial charge in [0.2, 0.25) is 5.91 Å². The molecule has 4 aromatic rings. The van der Waals surface area contributed by atoms with E-state index in [4.69, 9.17) is 10.5 Å². The fourth-order valence-corrected chi connectivity index (χ4v) is 4.96. The molecule has 0 fully saturated rings. The highest BCUT2D eigenvalue weighted by Crippen LogP contribution is 2.36. The van der Waals surface area contributed by atoms with Crippen molar-refractivity contribution in [3.05, 3.63) is 125 Å². The second kappa shape index (κ2) is 10.7. The number of fused-ring (bicyclic) bond motifs is 1. The van der Waals surface area contributed by atoms with Crippen LogP contribution in [0, 0.1) is 0 Å². The van der Waals surface area contributed by atoms with Crippen molar-refractivity contribution >= 4 is 11.9 Å². The van der Waals surface area contributed by atoms with Gasteiger partial charge < -0.3 is 10.5 Å². The van der Waals surface area contributed by atoms with E-state index in [-0.39, 0.29) is 11.3 Å². The Kier molecular flexibility index (Phi) is 7.21. The van der Waals surface area contributed by atoms with E-state index in [1.54, 1.807) is 42.5 Å². The molecule has 5 nitrogen and oxygen atoms in total. The van der Waals surface area contributed by atoms with E-state index in [1.807, 2.05) is 35.2 Å². The summed E-state index contributed by atoms with van der Waals surface area (Å²) in [5.74, 6) is -1.23. The van der Waals surface area contributed by atoms with Crippen molar-refractivity contribution < 1.29 is 27.5 Å². The van der Waals surface area contributed by atoms with Crippen LogP contribution in [0.1, 0.15) is 38.7 Å². The van der Waals surface area contributed by atoms with Crippen LogP contribution in [0.5, 0.6) is 5.75 Å². The number of carbonyl (C=O) groups excluding carboxylic acids is 2. The van der Waals surface area contributed by atoms with Crippen LogP contribution in [-0.2, 0) is 23.9 Å². The largest absolute Gasteiger partial charge is 0.423 e. The summed E-state index contributed by atoms with van der Waals surface area (Å²) in [5, 5.41) is 0. The molecule has 4 aromatic carbocycles. The van der Waals surface area contributed by atoms with Crippen molar-refractivity contribution in [3.8, 4) is 16.9 Å². The molecule has 0 saturated heterocycles. The van der Waals surface area contributed by atoms with Crippen molar-refractivity contribution in [2.45, 2.75) is 25.2 Å². The number of nitrogens with zero attached hydrogens (tertiary/aromatic N) is 1. The van der Waals surface area contributed by atoms with Crippen molar-refractivity contribution in [1.29, 1.82) is 0 Å². The molecule has 8 heteroatoms. The van der Waals surface area contributed by atoms with Crippen LogP contribution in [-0.4, -0.2) is 23.3 Å². The predicted octanol–water partition coefficient (Wildman–Crippen LogP) is 6.18. The number of hydrogen-bond acceptors (Lipinski definition) is 4. The van der Waals surface area contributed by atoms with E-state index in [0.29, 0.717) is 36.2 Å². The van der Waals surface area contributed by atoms with E-state index >= 15 is 0 Å². The average molecular weight is 531 g/mol. The second-order valence-corrected chi connectivity index (χ2v) is 9.39. The number of ether oxygens (including phenoxy) is 1. The van der Waals surface area contributed by atoms with Crippen LogP contribution in [0.2, 0.25) is 0 Å². The topological polar surface area (TPSA) is 72.6 Å². The molecule has 0 aliphatic carbocycles. The van der Waals surface area contributed by atoms with Crippen LogP contribution in [0.4, 0.5) is 13.2 Å². The van der Waals surface area contributed by atoms with Gasteiger partial charge >= 0.3 is 12.1 Å². The number of nitrogens with two attached hydrogens (primary N) is 1. The molecule has 1 aliphatic rings. The Hall–Kier alpha value is -4.43. The summed E-state index contributed by atoms with van der Waals surface area (Å²) < 4.78 is 46.0. The van der Waals surface area contributed by atoms with Crippen LogP contribution in [0.3, 0.4) is 0 Å². The molecule has 1 atom stereocenters. The number of benzene rings is 4. The molecule has 0 saturated carbocycles. The molecular weight excluding hydrogens is 505 g/mol. The summed E-state index contributed by atoms with van der Waals surface area (Å²) in [6, 6.07) is 25.7. The number of carbonyl (C=O) groups is 2. The SMILES string of the molecule is NC(=O)C1c2ccc(OC(=O)c3cc(C(F)(F)F)ccc3-c3ccccc3)cc2CCN1Cc1ccccc1. The molecule has 1 heterocycles. The Bertz CT molecular complexity index is 1510. The first-order chi connectivity index (χ1) is 18.7. The predicted molar refractivity (Wildman–Crippen MR) is 141 cm³/mol. The van der Waals surface area contributed by atoms with Gasteiger partial charge in [-0.25, -0.2) is 4.79 Å². The highest BCUT2D eigenvalue weighted by atomic mass is 19.4. The molecule has 0 bridgehead atoms. The number of rotatable bonds is 6. The Morgan fingerprint density at radius 2 is 1.59 bits per heavy atom. The van der Waals surface area contributed by atoms with E-state index in [0.717, 1.165) is 23.3 Å². The summed E-state index contributed by atoms with van der Waals surface area (Å²) in [7, 11) is 0. The monoisotopic (exact) mass is 530 g/mol. The maximum absolute atomic E-state index is 13.5. The summed E-state index contributed by atoms with van der Waals surface area (Å²) in [6.07, 6.45) is -4.04. The van der Waals surface area contributed by atoms with E-state index in [2.05, 4.69) is 0 Å². The van der Waals surface area contributed by atoms with Crippen molar-refractivity contribution in [1.82, 2.24) is 4.90 Å². The number of amides is 1. The van der Waals surface area contributed by atoms with Crippen LogP contribution in [0.15, 0.2) is 97.1 Å². The number of primary amides is 1. The second-order valence-electron chi connectivity index (χ2n) is 9.39. The number of halogens is 3. The maximum Gasteiger partial charge on any atom is 0.416 e. The van der Waals surface area contributed by atoms with E-state index < -0.39 is 29.7 Å². The van der Waals surface area contributed by atoms with Crippen molar-refractivity contribution in [3.63, 3.8) is 0 Å². The zero-order valence-electron chi connectivity index (χ0n) is 20.8. The Morgan fingerprint density at radius 3 is 2.26 bits per heavy atom. The van der Waals surface area contributed by atoms with Gasteiger partial charge in [0.1, 0.15) is 11.8 Å². The van der Waals surface area contributed by atoms with Gasteiger partial charge in [0.15, 0.2) is 0 Å². The molecule has 0 spiro atoms. The molecule has 198 valence electrons. The van der Waals surface area contributed by atoms with Gasteiger partial charge in [-0.15, -0.1) is 0 Å². The van der Waals surface area contributed by atoms with Gasteiger partial charge in [-0.2, -0.15) is 13.2 Å². The lowest BCUT2D eigenvalue weighted by Crippen LogP contribution is -2.42. The molecule has 1 aliphatic heterocycles. The van der Waals surface area contributed by atoms with Gasteiger partial charge in [0.05, 0.1) is 11.1 Å². The summed E-state index contributed by atoms with van der Waals surface area (Å²) in [6.45, 7) is 1.10. The van der Waals surface area contributed by atoms with Crippen LogP contribution < -0.4 is 10.5 Å². The van der Waals surface area contributed by atoms with Gasteiger partial charge in [-0.05, 0) is 58.5 Å². The zero-order chi connectivity index (χ0) is 27.6. The minimum atomic E-state index is -4.62. The third-order valence-electron chi connectivity index (χ3n) is 6.80. The Morgan fingerprint density at radius 1 is 0.897 bits per heavy atom. The molecule has 0 radical (unpaired) electrons. The molecule has 1 amide bonds. The third-order valence-corrected chi connectivity index (χ3v) is 6.80. The molecule has 1 unspecified atom stereocenters. The quantitative estimate of drug-likeness (QED) is 0.239. The van der Waals surface area contributed by atoms with Gasteiger partial charge in [-0.3, -0.25) is 9.69 Å². The first-order valence-corrected chi connectivity index (χ1v) is 12.4. The molecule has 0 aromatic heterocycles. The highest BCUT2D eigenvalue weighted by molar-refractivity contribution is 5.98. The van der Waals surface area contributed by atoms with Crippen LogP contribution >= 0.6 is 0 Å². The lowest BCUT2D eigenvalue weighted by molar-refractivity contribution is -0.137. The first kappa shape index (κ1) is 26.2. The van der Waals surface area contributed by atoms with Crippen molar-refractivity contribution in [2.75, 3.05) is 6.54 Å². The lowest BCUT2D eigenvalue weighted by Gasteiger charge is -2.35. The summed E-state index contributed by atoms with van der Waals surface area (Å²) >= 11 is 0. The standard InChI is InChI=1S/C31H25F3N2O3/c32-31(33,34)23-11-13-25(21-9-5-2-6-10-21)27(18-23)30(38)39-24-12-14-26-22(17-24)15-16-36(28(26)29(35)37)19-20-7-3-1-4-8-20/h1-14,17-18,28H,15-16,19H2,(H2,35,37). The number of esters is 1. The van der Waals surface area contributed by atoms with Crippen LogP contribution in [0.25, 0.3) is 11.1 Å². The average Bonchev–Trinajstić information content (AvgIpc) is 2.93. The van der Waals surface area contributed by atoms with Gasteiger partial charge in [0.25, 0.3) is 0 Å². The van der Waals surface area contributed by atoms with E-state index in [1.165, 1.54) is 12.1 Å². The Labute approximate surface area is 223 Å². The van der Waals surface area contributed by atoms with Gasteiger partial charge in [-0.1, -0.05) is 72.8 Å². The third kappa shape index (κ3) is 5.71. The molecular formula is C31H25F3N2O3. The number of hydrogen-bond donors (Lipinski definition) is 1. The first-order valence-electron chi connectivity index (χ1n) is 12.4. The minimum Gasteiger partial charge on any atom is -0.423 e. The number of alkyl halides is 3. The normalized spacial score (nSPS) is 15.4.